The van der Waals surface area contributed by atoms with Crippen molar-refractivity contribution in [3.63, 3.8) is 0 Å². The molecule has 0 aliphatic heterocycles. The first-order valence-corrected chi connectivity index (χ1v) is 8.12. The largest absolute Gasteiger partial charge is 0.390 e. The van der Waals surface area contributed by atoms with Gasteiger partial charge in [0.2, 0.25) is 5.13 Å². The van der Waals surface area contributed by atoms with Crippen molar-refractivity contribution in [1.29, 1.82) is 0 Å². The molecule has 0 aliphatic carbocycles. The van der Waals surface area contributed by atoms with E-state index in [4.69, 9.17) is 0 Å². The number of hydrogen-bond acceptors (Lipinski definition) is 5. The number of aliphatic hydroxyl groups is 1. The van der Waals surface area contributed by atoms with E-state index in [9.17, 15) is 5.11 Å². The van der Waals surface area contributed by atoms with Crippen LogP contribution in [-0.4, -0.2) is 25.1 Å². The predicted octanol–water partition coefficient (Wildman–Crippen LogP) is 3.08. The van der Waals surface area contributed by atoms with Gasteiger partial charge in [-0.25, -0.2) is 4.98 Å². The lowest BCUT2D eigenvalue weighted by Crippen LogP contribution is -2.07. The molecule has 6 heteroatoms. The lowest BCUT2D eigenvalue weighted by atomic mass is 10.1. The smallest absolute Gasteiger partial charge is 0.212 e. The summed E-state index contributed by atoms with van der Waals surface area (Å²) in [6, 6.07) is 10.1. The van der Waals surface area contributed by atoms with Crippen LogP contribution in [0.1, 0.15) is 25.2 Å². The second kappa shape index (κ2) is 6.37. The molecule has 0 saturated carbocycles. The first-order valence-electron chi connectivity index (χ1n) is 7.24. The zero-order chi connectivity index (χ0) is 15.5. The summed E-state index contributed by atoms with van der Waals surface area (Å²) < 4.78 is 1.75. The first-order chi connectivity index (χ1) is 10.7. The molecule has 0 unspecified atom stereocenters. The van der Waals surface area contributed by atoms with E-state index in [0.717, 1.165) is 28.5 Å². The van der Waals surface area contributed by atoms with Crippen LogP contribution in [0.15, 0.2) is 35.7 Å². The summed E-state index contributed by atoms with van der Waals surface area (Å²) in [4.78, 5) is 4.66. The highest BCUT2D eigenvalue weighted by Crippen LogP contribution is 2.25. The van der Waals surface area contributed by atoms with E-state index in [2.05, 4.69) is 29.1 Å². The number of nitrogens with zero attached hydrogens (tertiary/aromatic N) is 4. The lowest BCUT2D eigenvalue weighted by molar-refractivity contribution is 0.275. The van der Waals surface area contributed by atoms with Crippen molar-refractivity contribution < 1.29 is 5.11 Å². The van der Waals surface area contributed by atoms with Crippen molar-refractivity contribution in [2.24, 2.45) is 5.92 Å². The van der Waals surface area contributed by atoms with E-state index in [-0.39, 0.29) is 6.61 Å². The van der Waals surface area contributed by atoms with Gasteiger partial charge in [-0.05, 0) is 12.3 Å². The molecule has 0 atom stereocenters. The Hall–Kier alpha value is -2.05. The third-order valence-electron chi connectivity index (χ3n) is 3.34. The summed E-state index contributed by atoms with van der Waals surface area (Å²) >= 11 is 1.53. The van der Waals surface area contributed by atoms with E-state index < -0.39 is 0 Å². The lowest BCUT2D eigenvalue weighted by Gasteiger charge is -2.07. The maximum atomic E-state index is 9.44. The van der Waals surface area contributed by atoms with Gasteiger partial charge in [-0.3, -0.25) is 0 Å². The average molecular weight is 314 g/mol. The number of thiazole rings is 1. The minimum atomic E-state index is -0.0982. The zero-order valence-electron chi connectivity index (χ0n) is 12.6. The van der Waals surface area contributed by atoms with Crippen molar-refractivity contribution in [1.82, 2.24) is 20.0 Å². The normalized spacial score (nSPS) is 11.3. The van der Waals surface area contributed by atoms with Crippen LogP contribution in [0.5, 0.6) is 0 Å². The summed E-state index contributed by atoms with van der Waals surface area (Å²) in [5, 5.41) is 20.5. The number of benzene rings is 1. The third kappa shape index (κ3) is 2.93. The SMILES string of the molecule is CC(C)Cc1c(CO)nnn1-c1nc(-c2ccccc2)cs1. The molecule has 0 amide bonds. The van der Waals surface area contributed by atoms with Crippen molar-refractivity contribution >= 4 is 11.3 Å². The van der Waals surface area contributed by atoms with Crippen molar-refractivity contribution in [3.8, 4) is 16.4 Å². The topological polar surface area (TPSA) is 63.8 Å². The maximum Gasteiger partial charge on any atom is 0.212 e. The van der Waals surface area contributed by atoms with E-state index in [1.807, 2.05) is 35.7 Å². The van der Waals surface area contributed by atoms with Gasteiger partial charge in [-0.15, -0.1) is 16.4 Å². The molecule has 3 aromatic rings. The van der Waals surface area contributed by atoms with Crippen LogP contribution in [-0.2, 0) is 13.0 Å². The van der Waals surface area contributed by atoms with Crippen molar-refractivity contribution in [2.75, 3.05) is 0 Å². The number of aromatic nitrogens is 4. The highest BCUT2D eigenvalue weighted by molar-refractivity contribution is 7.12. The van der Waals surface area contributed by atoms with E-state index in [1.165, 1.54) is 11.3 Å². The van der Waals surface area contributed by atoms with Gasteiger partial charge < -0.3 is 5.11 Å². The second-order valence-corrected chi connectivity index (χ2v) is 6.37. The molecule has 114 valence electrons. The Morgan fingerprint density at radius 1 is 1.23 bits per heavy atom. The molecule has 0 saturated heterocycles. The molecule has 2 aromatic heterocycles. The standard InChI is InChI=1S/C16H18N4OS/c1-11(2)8-15-13(9-21)18-19-20(15)16-17-14(10-22-16)12-6-4-3-5-7-12/h3-7,10-11,21H,8-9H2,1-2H3. The van der Waals surface area contributed by atoms with Crippen molar-refractivity contribution in [2.45, 2.75) is 26.9 Å². The number of rotatable bonds is 5. The van der Waals surface area contributed by atoms with Gasteiger partial charge in [0.15, 0.2) is 0 Å². The van der Waals surface area contributed by atoms with Crippen LogP contribution in [0.4, 0.5) is 0 Å². The van der Waals surface area contributed by atoms with Gasteiger partial charge in [-0.2, -0.15) is 4.68 Å². The van der Waals surface area contributed by atoms with Crippen LogP contribution in [0.25, 0.3) is 16.4 Å². The average Bonchev–Trinajstić information content (AvgIpc) is 3.14. The molecule has 3 rings (SSSR count). The van der Waals surface area contributed by atoms with Crippen LogP contribution in [0, 0.1) is 5.92 Å². The Labute approximate surface area is 133 Å². The first kappa shape index (κ1) is 14.9. The van der Waals surface area contributed by atoms with E-state index >= 15 is 0 Å². The fourth-order valence-electron chi connectivity index (χ4n) is 2.30. The van der Waals surface area contributed by atoms with Gasteiger partial charge in [0, 0.05) is 10.9 Å². The van der Waals surface area contributed by atoms with Gasteiger partial charge in [0.25, 0.3) is 0 Å². The Kier molecular flexibility index (Phi) is 4.31. The van der Waals surface area contributed by atoms with Gasteiger partial charge in [0.1, 0.15) is 5.69 Å². The Morgan fingerprint density at radius 3 is 2.68 bits per heavy atom. The molecule has 22 heavy (non-hydrogen) atoms. The van der Waals surface area contributed by atoms with Crippen LogP contribution >= 0.6 is 11.3 Å². The Balaban J connectivity index is 1.98. The second-order valence-electron chi connectivity index (χ2n) is 5.53. The Bertz CT molecular complexity index is 749. The fourth-order valence-corrected chi connectivity index (χ4v) is 3.11. The summed E-state index contributed by atoms with van der Waals surface area (Å²) in [5.74, 6) is 0.455. The molecular weight excluding hydrogens is 296 g/mol. The predicted molar refractivity (Wildman–Crippen MR) is 86.9 cm³/mol. The maximum absolute atomic E-state index is 9.44. The molecule has 0 fully saturated rings. The highest BCUT2D eigenvalue weighted by Gasteiger charge is 2.17. The number of hydrogen-bond donors (Lipinski definition) is 1. The molecule has 1 aromatic carbocycles. The molecule has 5 nitrogen and oxygen atoms in total. The van der Waals surface area contributed by atoms with Gasteiger partial charge in [0.05, 0.1) is 18.0 Å². The molecule has 0 radical (unpaired) electrons. The highest BCUT2D eigenvalue weighted by atomic mass is 32.1. The molecule has 0 spiro atoms. The minimum Gasteiger partial charge on any atom is -0.390 e. The third-order valence-corrected chi connectivity index (χ3v) is 4.15. The molecule has 1 N–H and O–H groups in total. The van der Waals surface area contributed by atoms with Gasteiger partial charge >= 0.3 is 0 Å². The monoisotopic (exact) mass is 314 g/mol. The fraction of sp³-hybridized carbons (Fsp3) is 0.312. The zero-order valence-corrected chi connectivity index (χ0v) is 13.4. The van der Waals surface area contributed by atoms with Gasteiger partial charge in [-0.1, -0.05) is 49.4 Å². The van der Waals surface area contributed by atoms with Crippen LogP contribution in [0.2, 0.25) is 0 Å². The molecule has 0 bridgehead atoms. The molecule has 2 heterocycles. The summed E-state index contributed by atoms with van der Waals surface area (Å²) in [5.41, 5.74) is 3.58. The quantitative estimate of drug-likeness (QED) is 0.786. The molecule has 0 aliphatic rings. The minimum absolute atomic E-state index is 0.0982. The van der Waals surface area contributed by atoms with Crippen LogP contribution in [0.3, 0.4) is 0 Å². The number of aliphatic hydroxyl groups excluding tert-OH is 1. The summed E-state index contributed by atoms with van der Waals surface area (Å²) in [6.45, 7) is 4.17. The van der Waals surface area contributed by atoms with Crippen LogP contribution < -0.4 is 0 Å². The van der Waals surface area contributed by atoms with Crippen molar-refractivity contribution in [3.05, 3.63) is 47.1 Å². The van der Waals surface area contributed by atoms with E-state index in [1.54, 1.807) is 4.68 Å². The summed E-state index contributed by atoms with van der Waals surface area (Å²) in [6.07, 6.45) is 0.809. The van der Waals surface area contributed by atoms with E-state index in [0.29, 0.717) is 11.6 Å². The Morgan fingerprint density at radius 2 is 2.00 bits per heavy atom. The summed E-state index contributed by atoms with van der Waals surface area (Å²) in [7, 11) is 0. The molecular formula is C16H18N4OS.